The number of amides is 1. The van der Waals surface area contributed by atoms with E-state index >= 15 is 0 Å². The maximum Gasteiger partial charge on any atom is 0.262 e. The van der Waals surface area contributed by atoms with Crippen LogP contribution < -0.4 is 5.32 Å². The monoisotopic (exact) mass is 329 g/mol. The quantitative estimate of drug-likeness (QED) is 0.906. The molecule has 0 aromatic carbocycles. The first-order valence-electron chi connectivity index (χ1n) is 7.70. The molecule has 2 atom stereocenters. The predicted octanol–water partition coefficient (Wildman–Crippen LogP) is 2.46. The molecule has 0 spiro atoms. The molecule has 0 aliphatic carbocycles. The van der Waals surface area contributed by atoms with Crippen molar-refractivity contribution in [2.45, 2.75) is 51.0 Å². The second kappa shape index (κ2) is 5.85. The first-order chi connectivity index (χ1) is 10.4. The highest BCUT2D eigenvalue weighted by molar-refractivity contribution is 7.11. The molecule has 0 saturated carbocycles. The fraction of sp³-hybridized carbons (Fsp3) is 0.733. The molecule has 3 heterocycles. The van der Waals surface area contributed by atoms with Crippen LogP contribution in [-0.2, 0) is 4.79 Å². The van der Waals surface area contributed by atoms with Crippen LogP contribution in [0.25, 0.3) is 0 Å². The van der Waals surface area contributed by atoms with Crippen LogP contribution in [0.4, 0.5) is 8.78 Å². The van der Waals surface area contributed by atoms with Gasteiger partial charge in [-0.15, -0.1) is 11.3 Å². The molecule has 1 aromatic rings. The van der Waals surface area contributed by atoms with Crippen molar-refractivity contribution >= 4 is 17.2 Å². The summed E-state index contributed by atoms with van der Waals surface area (Å²) in [6, 6.07) is -0.742. The summed E-state index contributed by atoms with van der Waals surface area (Å²) in [5.74, 6) is -2.72. The van der Waals surface area contributed by atoms with E-state index in [0.29, 0.717) is 13.1 Å². The molecule has 22 heavy (non-hydrogen) atoms. The molecule has 1 amide bonds. The van der Waals surface area contributed by atoms with Crippen LogP contribution in [0, 0.1) is 13.8 Å². The molecule has 3 rings (SSSR count). The van der Waals surface area contributed by atoms with Crippen molar-refractivity contribution in [2.75, 3.05) is 19.6 Å². The van der Waals surface area contributed by atoms with Gasteiger partial charge in [0.2, 0.25) is 5.91 Å². The molecule has 2 aliphatic heterocycles. The molecule has 0 bridgehead atoms. The van der Waals surface area contributed by atoms with E-state index in [1.54, 1.807) is 16.2 Å². The van der Waals surface area contributed by atoms with Crippen molar-refractivity contribution in [3.63, 3.8) is 0 Å². The number of aromatic nitrogens is 1. The van der Waals surface area contributed by atoms with E-state index in [-0.39, 0.29) is 18.2 Å². The molecular formula is C15H21F2N3OS. The molecule has 7 heteroatoms. The summed E-state index contributed by atoms with van der Waals surface area (Å²) >= 11 is 1.68. The van der Waals surface area contributed by atoms with Crippen molar-refractivity contribution in [1.82, 2.24) is 15.2 Å². The van der Waals surface area contributed by atoms with E-state index in [9.17, 15) is 13.6 Å². The Morgan fingerprint density at radius 3 is 2.82 bits per heavy atom. The number of likely N-dealkylation sites (tertiary alicyclic amines) is 1. The average Bonchev–Trinajstić information content (AvgIpc) is 3.01. The van der Waals surface area contributed by atoms with Gasteiger partial charge in [-0.25, -0.2) is 13.8 Å². The predicted molar refractivity (Wildman–Crippen MR) is 81.5 cm³/mol. The molecule has 122 valence electrons. The topological polar surface area (TPSA) is 45.2 Å². The van der Waals surface area contributed by atoms with Gasteiger partial charge in [0.05, 0.1) is 23.3 Å². The van der Waals surface area contributed by atoms with E-state index < -0.39 is 18.5 Å². The third-order valence-electron chi connectivity index (χ3n) is 4.54. The lowest BCUT2D eigenvalue weighted by Gasteiger charge is -2.33. The molecule has 2 saturated heterocycles. The Kier molecular flexibility index (Phi) is 4.20. The van der Waals surface area contributed by atoms with Gasteiger partial charge in [0.1, 0.15) is 0 Å². The third kappa shape index (κ3) is 3.15. The van der Waals surface area contributed by atoms with E-state index in [1.165, 1.54) is 4.88 Å². The zero-order valence-electron chi connectivity index (χ0n) is 12.9. The smallest absolute Gasteiger partial charge is 0.262 e. The summed E-state index contributed by atoms with van der Waals surface area (Å²) in [4.78, 5) is 20.0. The lowest BCUT2D eigenvalue weighted by atomic mass is 9.98. The van der Waals surface area contributed by atoms with Gasteiger partial charge in [0.25, 0.3) is 5.92 Å². The Morgan fingerprint density at radius 2 is 2.23 bits per heavy atom. The maximum absolute atomic E-state index is 13.3. The zero-order chi connectivity index (χ0) is 15.9. The number of carbonyl (C=O) groups excluding carboxylic acids is 1. The van der Waals surface area contributed by atoms with Crippen LogP contribution in [-0.4, -0.2) is 47.4 Å². The van der Waals surface area contributed by atoms with Gasteiger partial charge in [-0.2, -0.15) is 0 Å². The number of alkyl halides is 2. The highest BCUT2D eigenvalue weighted by atomic mass is 32.1. The highest BCUT2D eigenvalue weighted by Gasteiger charge is 2.44. The van der Waals surface area contributed by atoms with Crippen molar-refractivity contribution in [2.24, 2.45) is 0 Å². The van der Waals surface area contributed by atoms with Crippen LogP contribution in [0.1, 0.15) is 40.8 Å². The van der Waals surface area contributed by atoms with Crippen LogP contribution in [0.5, 0.6) is 0 Å². The highest BCUT2D eigenvalue weighted by Crippen LogP contribution is 2.32. The maximum atomic E-state index is 13.3. The average molecular weight is 329 g/mol. The Bertz CT molecular complexity index is 556. The Balaban J connectivity index is 1.67. The number of hydrogen-bond donors (Lipinski definition) is 1. The number of hydrogen-bond acceptors (Lipinski definition) is 4. The molecule has 2 aliphatic rings. The van der Waals surface area contributed by atoms with Crippen molar-refractivity contribution < 1.29 is 13.6 Å². The number of piperidine rings is 1. The largest absolute Gasteiger partial charge is 0.341 e. The van der Waals surface area contributed by atoms with Crippen molar-refractivity contribution in [3.8, 4) is 0 Å². The summed E-state index contributed by atoms with van der Waals surface area (Å²) in [7, 11) is 0. The third-order valence-corrected chi connectivity index (χ3v) is 5.77. The molecule has 2 unspecified atom stereocenters. The minimum Gasteiger partial charge on any atom is -0.341 e. The zero-order valence-corrected chi connectivity index (χ0v) is 13.7. The molecule has 1 aromatic heterocycles. The number of halogens is 2. The van der Waals surface area contributed by atoms with Gasteiger partial charge in [0.15, 0.2) is 0 Å². The summed E-state index contributed by atoms with van der Waals surface area (Å²) in [6.45, 7) is 4.89. The lowest BCUT2D eigenvalue weighted by Crippen LogP contribution is -2.47. The Hall–Kier alpha value is -1.08. The van der Waals surface area contributed by atoms with Crippen molar-refractivity contribution in [1.29, 1.82) is 0 Å². The van der Waals surface area contributed by atoms with Crippen LogP contribution in [0.2, 0.25) is 0 Å². The molecule has 1 N–H and O–H groups in total. The first kappa shape index (κ1) is 15.8. The van der Waals surface area contributed by atoms with E-state index in [1.807, 2.05) is 13.8 Å². The fourth-order valence-corrected chi connectivity index (χ4v) is 4.21. The summed E-state index contributed by atoms with van der Waals surface area (Å²) < 4.78 is 26.5. The van der Waals surface area contributed by atoms with Gasteiger partial charge in [-0.05, 0) is 26.7 Å². The number of carbonyl (C=O) groups is 1. The number of nitrogens with one attached hydrogen (secondary N) is 1. The number of aryl methyl sites for hydroxylation is 2. The summed E-state index contributed by atoms with van der Waals surface area (Å²) in [5, 5.41) is 3.72. The second-order valence-electron chi connectivity index (χ2n) is 6.31. The first-order valence-corrected chi connectivity index (χ1v) is 8.51. The SMILES string of the molecule is Cc1nc(C2CCCN(C(=O)C3CC(F)(F)CN3)C2)sc1C. The lowest BCUT2D eigenvalue weighted by molar-refractivity contribution is -0.134. The van der Waals surface area contributed by atoms with Crippen molar-refractivity contribution in [3.05, 3.63) is 15.6 Å². The van der Waals surface area contributed by atoms with E-state index in [2.05, 4.69) is 10.3 Å². The van der Waals surface area contributed by atoms with E-state index in [0.717, 1.165) is 23.5 Å². The van der Waals surface area contributed by atoms with E-state index in [4.69, 9.17) is 0 Å². The molecular weight excluding hydrogens is 308 g/mol. The van der Waals surface area contributed by atoms with Crippen LogP contribution in [0.15, 0.2) is 0 Å². The fourth-order valence-electron chi connectivity index (χ4n) is 3.16. The second-order valence-corrected chi connectivity index (χ2v) is 7.55. The molecule has 0 radical (unpaired) electrons. The van der Waals surface area contributed by atoms with Gasteiger partial charge in [-0.1, -0.05) is 0 Å². The number of thiazole rings is 1. The van der Waals surface area contributed by atoms with Gasteiger partial charge < -0.3 is 4.90 Å². The Labute approximate surface area is 132 Å². The minimum atomic E-state index is -2.76. The normalized spacial score (nSPS) is 28.1. The number of rotatable bonds is 2. The number of nitrogens with zero attached hydrogens (tertiary/aromatic N) is 2. The van der Waals surface area contributed by atoms with Crippen LogP contribution in [0.3, 0.4) is 0 Å². The molecule has 4 nitrogen and oxygen atoms in total. The van der Waals surface area contributed by atoms with Gasteiger partial charge >= 0.3 is 0 Å². The minimum absolute atomic E-state index is 0.188. The summed E-state index contributed by atoms with van der Waals surface area (Å²) in [6.07, 6.45) is 1.52. The Morgan fingerprint density at radius 1 is 1.45 bits per heavy atom. The van der Waals surface area contributed by atoms with Gasteiger partial charge in [-0.3, -0.25) is 10.1 Å². The molecule has 2 fully saturated rings. The van der Waals surface area contributed by atoms with Gasteiger partial charge in [0, 0.05) is 30.3 Å². The summed E-state index contributed by atoms with van der Waals surface area (Å²) in [5.41, 5.74) is 1.04. The standard InChI is InChI=1S/C15H21F2N3OS/c1-9-10(2)22-13(19-9)11-4-3-5-20(7-11)14(21)12-6-15(16,17)8-18-12/h11-12,18H,3-8H2,1-2H3. The van der Waals surface area contributed by atoms with Crippen LogP contribution >= 0.6 is 11.3 Å².